The zero-order chi connectivity index (χ0) is 13.9. The van der Waals surface area contributed by atoms with E-state index in [-0.39, 0.29) is 6.23 Å². The van der Waals surface area contributed by atoms with Crippen molar-refractivity contribution in [1.29, 1.82) is 0 Å². The van der Waals surface area contributed by atoms with Crippen molar-refractivity contribution in [3.05, 3.63) is 12.0 Å². The fraction of sp³-hybridized carbons (Fsp3) is 0.643. The van der Waals surface area contributed by atoms with E-state index in [0.717, 1.165) is 61.9 Å². The average molecular weight is 275 g/mol. The fourth-order valence-electron chi connectivity index (χ4n) is 2.70. The van der Waals surface area contributed by atoms with E-state index in [0.29, 0.717) is 5.82 Å². The van der Waals surface area contributed by atoms with Crippen LogP contribution in [0.5, 0.6) is 0 Å². The molecule has 1 fully saturated rings. The molecule has 0 radical (unpaired) electrons. The first-order valence-electron chi connectivity index (χ1n) is 7.40. The molecule has 0 spiro atoms. The first kappa shape index (κ1) is 13.3. The molecule has 3 rings (SSSR count). The van der Waals surface area contributed by atoms with Crippen LogP contribution in [-0.2, 0) is 11.2 Å². The zero-order valence-corrected chi connectivity index (χ0v) is 11.9. The number of nitrogens with two attached hydrogens (primary N) is 1. The number of nitrogens with zero attached hydrogens (tertiary/aromatic N) is 4. The van der Waals surface area contributed by atoms with Crippen molar-refractivity contribution in [2.24, 2.45) is 0 Å². The second-order valence-corrected chi connectivity index (χ2v) is 5.27. The third-order valence-electron chi connectivity index (χ3n) is 3.79. The molecule has 0 aliphatic carbocycles. The Hall–Kier alpha value is -1.69. The Morgan fingerprint density at radius 1 is 1.40 bits per heavy atom. The standard InChI is InChI=1S/C14H21N5O/c1-2-3-6-10-12-13(15)16-9-17-14(12)19(18-10)11-7-4-5-8-20-11/h9,11H,2-8H2,1H3,(H2,15,16,17). The highest BCUT2D eigenvalue weighted by Gasteiger charge is 2.22. The molecule has 20 heavy (non-hydrogen) atoms. The van der Waals surface area contributed by atoms with Crippen molar-refractivity contribution < 1.29 is 4.74 Å². The van der Waals surface area contributed by atoms with Crippen LogP contribution in [0.15, 0.2) is 6.33 Å². The molecule has 1 aliphatic heterocycles. The molecule has 0 saturated carbocycles. The molecule has 1 saturated heterocycles. The molecule has 6 nitrogen and oxygen atoms in total. The molecule has 1 aliphatic rings. The van der Waals surface area contributed by atoms with E-state index in [9.17, 15) is 0 Å². The predicted molar refractivity (Wildman–Crippen MR) is 77.2 cm³/mol. The van der Waals surface area contributed by atoms with Gasteiger partial charge < -0.3 is 10.5 Å². The van der Waals surface area contributed by atoms with Gasteiger partial charge in [0.25, 0.3) is 0 Å². The summed E-state index contributed by atoms with van der Waals surface area (Å²) < 4.78 is 7.73. The highest BCUT2D eigenvalue weighted by atomic mass is 16.5. The lowest BCUT2D eigenvalue weighted by Crippen LogP contribution is -2.19. The Kier molecular flexibility index (Phi) is 3.82. The number of aromatic nitrogens is 4. The third kappa shape index (κ3) is 2.35. The summed E-state index contributed by atoms with van der Waals surface area (Å²) in [4.78, 5) is 8.48. The second kappa shape index (κ2) is 5.75. The number of fused-ring (bicyclic) bond motifs is 1. The molecular formula is C14H21N5O. The Bertz CT molecular complexity index is 589. The highest BCUT2D eigenvalue weighted by Crippen LogP contribution is 2.29. The molecule has 0 aromatic carbocycles. The third-order valence-corrected chi connectivity index (χ3v) is 3.79. The van der Waals surface area contributed by atoms with Crippen molar-refractivity contribution in [2.75, 3.05) is 12.3 Å². The van der Waals surface area contributed by atoms with E-state index in [1.165, 1.54) is 6.33 Å². The molecule has 1 atom stereocenters. The van der Waals surface area contributed by atoms with E-state index in [4.69, 9.17) is 15.6 Å². The lowest BCUT2D eigenvalue weighted by atomic mass is 10.1. The van der Waals surface area contributed by atoms with Gasteiger partial charge in [-0.05, 0) is 32.1 Å². The van der Waals surface area contributed by atoms with Gasteiger partial charge in [-0.1, -0.05) is 13.3 Å². The van der Waals surface area contributed by atoms with Crippen molar-refractivity contribution in [3.63, 3.8) is 0 Å². The van der Waals surface area contributed by atoms with Crippen LogP contribution < -0.4 is 5.73 Å². The molecule has 0 bridgehead atoms. The second-order valence-electron chi connectivity index (χ2n) is 5.27. The monoisotopic (exact) mass is 275 g/mol. The normalized spacial score (nSPS) is 19.6. The van der Waals surface area contributed by atoms with Crippen LogP contribution in [0, 0.1) is 0 Å². The summed E-state index contributed by atoms with van der Waals surface area (Å²) in [5, 5.41) is 5.62. The Morgan fingerprint density at radius 3 is 3.05 bits per heavy atom. The largest absolute Gasteiger partial charge is 0.383 e. The molecule has 0 amide bonds. The van der Waals surface area contributed by atoms with Gasteiger partial charge >= 0.3 is 0 Å². The molecule has 6 heteroatoms. The summed E-state index contributed by atoms with van der Waals surface area (Å²) in [7, 11) is 0. The van der Waals surface area contributed by atoms with E-state index in [1.54, 1.807) is 0 Å². The van der Waals surface area contributed by atoms with Gasteiger partial charge in [-0.3, -0.25) is 0 Å². The topological polar surface area (TPSA) is 78.8 Å². The number of ether oxygens (including phenoxy) is 1. The number of hydrogen-bond donors (Lipinski definition) is 1. The van der Waals surface area contributed by atoms with Crippen LogP contribution in [0.3, 0.4) is 0 Å². The minimum atomic E-state index is -0.0177. The van der Waals surface area contributed by atoms with E-state index >= 15 is 0 Å². The van der Waals surface area contributed by atoms with Gasteiger partial charge in [-0.25, -0.2) is 14.6 Å². The van der Waals surface area contributed by atoms with Crippen molar-refractivity contribution in [1.82, 2.24) is 19.7 Å². The Morgan fingerprint density at radius 2 is 2.30 bits per heavy atom. The number of anilines is 1. The summed E-state index contributed by atoms with van der Waals surface area (Å²) >= 11 is 0. The van der Waals surface area contributed by atoms with E-state index < -0.39 is 0 Å². The smallest absolute Gasteiger partial charge is 0.166 e. The number of unbranched alkanes of at least 4 members (excludes halogenated alkanes) is 1. The van der Waals surface area contributed by atoms with Crippen LogP contribution in [0.2, 0.25) is 0 Å². The minimum absolute atomic E-state index is 0.0177. The Labute approximate surface area is 118 Å². The van der Waals surface area contributed by atoms with Gasteiger partial charge in [-0.15, -0.1) is 0 Å². The maximum atomic E-state index is 6.03. The van der Waals surface area contributed by atoms with Crippen LogP contribution in [0.4, 0.5) is 5.82 Å². The fourth-order valence-corrected chi connectivity index (χ4v) is 2.70. The average Bonchev–Trinajstić information content (AvgIpc) is 2.86. The van der Waals surface area contributed by atoms with Crippen LogP contribution in [0.1, 0.15) is 50.9 Å². The molecule has 1 unspecified atom stereocenters. The minimum Gasteiger partial charge on any atom is -0.383 e. The summed E-state index contributed by atoms with van der Waals surface area (Å²) in [6, 6.07) is 0. The number of aryl methyl sites for hydroxylation is 1. The molecule has 3 heterocycles. The van der Waals surface area contributed by atoms with Crippen molar-refractivity contribution in [2.45, 2.75) is 51.7 Å². The SMILES string of the molecule is CCCCc1nn(C2CCCCO2)c2ncnc(N)c12. The lowest BCUT2D eigenvalue weighted by molar-refractivity contribution is -0.0372. The first-order chi connectivity index (χ1) is 9.81. The number of hydrogen-bond acceptors (Lipinski definition) is 5. The Balaban J connectivity index is 2.05. The summed E-state index contributed by atoms with van der Waals surface area (Å²) in [6.07, 6.45) is 7.87. The molecule has 108 valence electrons. The first-order valence-corrected chi connectivity index (χ1v) is 7.40. The lowest BCUT2D eigenvalue weighted by Gasteiger charge is -2.22. The van der Waals surface area contributed by atoms with E-state index in [2.05, 4.69) is 16.9 Å². The number of nitrogen functional groups attached to an aromatic ring is 1. The predicted octanol–water partition coefficient (Wildman–Crippen LogP) is 2.45. The number of rotatable bonds is 4. The zero-order valence-electron chi connectivity index (χ0n) is 11.9. The van der Waals surface area contributed by atoms with Gasteiger partial charge in [0.1, 0.15) is 12.1 Å². The van der Waals surface area contributed by atoms with E-state index in [1.807, 2.05) is 4.68 Å². The molecule has 2 N–H and O–H groups in total. The van der Waals surface area contributed by atoms with Gasteiger partial charge in [0.2, 0.25) is 0 Å². The van der Waals surface area contributed by atoms with Crippen LogP contribution in [0.25, 0.3) is 11.0 Å². The summed E-state index contributed by atoms with van der Waals surface area (Å²) in [5.41, 5.74) is 7.82. The van der Waals surface area contributed by atoms with Gasteiger partial charge in [0.15, 0.2) is 11.9 Å². The van der Waals surface area contributed by atoms with Crippen molar-refractivity contribution >= 4 is 16.9 Å². The van der Waals surface area contributed by atoms with Gasteiger partial charge in [0.05, 0.1) is 11.1 Å². The molecule has 2 aromatic rings. The highest BCUT2D eigenvalue weighted by molar-refractivity contribution is 5.88. The maximum Gasteiger partial charge on any atom is 0.166 e. The summed E-state index contributed by atoms with van der Waals surface area (Å²) in [6.45, 7) is 2.96. The van der Waals surface area contributed by atoms with Crippen LogP contribution >= 0.6 is 0 Å². The van der Waals surface area contributed by atoms with Gasteiger partial charge in [-0.2, -0.15) is 5.10 Å². The molecule has 2 aromatic heterocycles. The maximum absolute atomic E-state index is 6.03. The van der Waals surface area contributed by atoms with Gasteiger partial charge in [0, 0.05) is 6.61 Å². The summed E-state index contributed by atoms with van der Waals surface area (Å²) in [5.74, 6) is 0.517. The van der Waals surface area contributed by atoms with Crippen molar-refractivity contribution in [3.8, 4) is 0 Å². The molecular weight excluding hydrogens is 254 g/mol. The quantitative estimate of drug-likeness (QED) is 0.927. The van der Waals surface area contributed by atoms with Crippen LogP contribution in [-0.4, -0.2) is 26.4 Å².